The minimum Gasteiger partial charge on any atom is -0.469 e. The molecule has 3 aliphatic rings. The van der Waals surface area contributed by atoms with Gasteiger partial charge in [0, 0.05) is 43.5 Å². The van der Waals surface area contributed by atoms with Crippen LogP contribution >= 0.6 is 0 Å². The van der Waals surface area contributed by atoms with E-state index in [1.165, 1.54) is 6.26 Å². The number of aryl methyl sites for hydroxylation is 1. The number of nitrogens with two attached hydrogens (primary N) is 1. The number of Topliss-reactive ketones (excluding diaryl/α,β-unsaturated/α-hetero) is 1. The van der Waals surface area contributed by atoms with E-state index in [2.05, 4.69) is 21.3 Å². The average molecular weight is 620 g/mol. The molecular weight excluding hydrogens is 578 g/mol. The van der Waals surface area contributed by atoms with Crippen molar-refractivity contribution < 1.29 is 33.2 Å². The second kappa shape index (κ2) is 16.4. The number of carbonyl (C=O) groups excluding carboxylic acids is 6. The molecule has 0 spiro atoms. The molecule has 2 atom stereocenters. The van der Waals surface area contributed by atoms with Gasteiger partial charge in [-0.3, -0.25) is 28.8 Å². The molecule has 0 radical (unpaired) electrons. The molecule has 3 heterocycles. The van der Waals surface area contributed by atoms with Gasteiger partial charge in [0.1, 0.15) is 11.8 Å². The quantitative estimate of drug-likeness (QED) is 0.341. The van der Waals surface area contributed by atoms with Gasteiger partial charge in [0.15, 0.2) is 5.78 Å². The van der Waals surface area contributed by atoms with Gasteiger partial charge in [0.25, 0.3) is 0 Å². The molecule has 2 aliphatic heterocycles. The van der Waals surface area contributed by atoms with E-state index in [1.807, 2.05) is 12.1 Å². The zero-order valence-corrected chi connectivity index (χ0v) is 25.2. The summed E-state index contributed by atoms with van der Waals surface area (Å²) in [6, 6.07) is 8.90. The lowest BCUT2D eigenvalue weighted by Crippen LogP contribution is -2.47. The van der Waals surface area contributed by atoms with Gasteiger partial charge >= 0.3 is 0 Å². The molecule has 1 fully saturated rings. The summed E-state index contributed by atoms with van der Waals surface area (Å²) < 4.78 is 5.47. The summed E-state index contributed by atoms with van der Waals surface area (Å²) in [7, 11) is 0. The molecule has 1 saturated carbocycles. The number of hydrogen-bond donors (Lipinski definition) is 5. The molecule has 0 unspecified atom stereocenters. The number of ketones is 1. The van der Waals surface area contributed by atoms with Crippen LogP contribution in [0.2, 0.25) is 0 Å². The van der Waals surface area contributed by atoms with Crippen LogP contribution < -0.4 is 27.0 Å². The first-order valence-corrected chi connectivity index (χ1v) is 15.4. The number of hydrogen-bond acceptors (Lipinski definition) is 7. The maximum Gasteiger partial charge on any atom is 0.244 e. The van der Waals surface area contributed by atoms with Crippen molar-refractivity contribution in [1.82, 2.24) is 21.3 Å². The fraction of sp³-hybridized carbons (Fsp3) is 0.455. The van der Waals surface area contributed by atoms with E-state index in [4.69, 9.17) is 10.2 Å². The highest BCUT2D eigenvalue weighted by Crippen LogP contribution is 2.25. The van der Waals surface area contributed by atoms with Crippen molar-refractivity contribution in [2.24, 2.45) is 11.7 Å². The van der Waals surface area contributed by atoms with E-state index in [9.17, 15) is 28.8 Å². The van der Waals surface area contributed by atoms with Crippen LogP contribution in [0.5, 0.6) is 0 Å². The van der Waals surface area contributed by atoms with Gasteiger partial charge in [-0.25, -0.2) is 0 Å². The molecule has 2 aromatic rings. The van der Waals surface area contributed by atoms with E-state index in [-0.39, 0.29) is 55.9 Å². The van der Waals surface area contributed by atoms with E-state index in [0.29, 0.717) is 49.8 Å². The number of carbonyl (C=O) groups is 6. The van der Waals surface area contributed by atoms with E-state index in [1.54, 1.807) is 24.3 Å². The molecule has 12 nitrogen and oxygen atoms in total. The van der Waals surface area contributed by atoms with Crippen molar-refractivity contribution >= 4 is 35.3 Å². The molecule has 1 aromatic carbocycles. The number of benzene rings is 1. The highest BCUT2D eigenvalue weighted by molar-refractivity contribution is 5.97. The van der Waals surface area contributed by atoms with Crippen LogP contribution in [0.3, 0.4) is 0 Å². The number of rotatable bonds is 3. The molecule has 1 aromatic heterocycles. The number of amides is 5. The first-order chi connectivity index (χ1) is 21.7. The summed E-state index contributed by atoms with van der Waals surface area (Å²) in [6.45, 7) is 0.217. The Balaban J connectivity index is 1.51. The zero-order valence-electron chi connectivity index (χ0n) is 25.2. The number of fused-ring (bicyclic) bond motifs is 18. The lowest BCUT2D eigenvalue weighted by Gasteiger charge is -2.29. The second-order valence-corrected chi connectivity index (χ2v) is 11.6. The third-order valence-electron chi connectivity index (χ3n) is 8.28. The van der Waals surface area contributed by atoms with Crippen molar-refractivity contribution in [3.05, 3.63) is 71.7 Å². The molecular formula is C33H41N5O7. The topological polar surface area (TPSA) is 190 Å². The normalized spacial score (nSPS) is 25.4. The monoisotopic (exact) mass is 619 g/mol. The van der Waals surface area contributed by atoms with Crippen molar-refractivity contribution in [3.8, 4) is 0 Å². The van der Waals surface area contributed by atoms with Crippen LogP contribution in [0.25, 0.3) is 0 Å². The molecule has 2 bridgehead atoms. The van der Waals surface area contributed by atoms with Crippen LogP contribution in [0.1, 0.15) is 61.8 Å². The summed E-state index contributed by atoms with van der Waals surface area (Å²) in [5.74, 6) is -2.07. The highest BCUT2D eigenvalue weighted by Gasteiger charge is 2.30. The van der Waals surface area contributed by atoms with Crippen LogP contribution in [0.4, 0.5) is 0 Å². The van der Waals surface area contributed by atoms with Crippen molar-refractivity contribution in [2.45, 2.75) is 82.3 Å². The van der Waals surface area contributed by atoms with Crippen LogP contribution in [-0.4, -0.2) is 60.0 Å². The maximum absolute atomic E-state index is 13.5. The Hall–Kier alpha value is -4.74. The Morgan fingerprint density at radius 2 is 1.56 bits per heavy atom. The number of furan rings is 1. The second-order valence-electron chi connectivity index (χ2n) is 11.6. The standard InChI is InChI=1S/C33H41N5O7/c34-32(43)26-8-3-17-35-29(40)15-16-30(41)36-24-12-9-22(10-13-24)33(44)38-27(20-25-7-4-18-45-25)28(39)14-11-21-5-1-2-6-23(21)19-31(42)37-26/h1-2,4-7,15-16,18,22,24,26-27H,3,8-14,17,19-20H2,(H2,34,43)(H,35,40)(H,36,41)(H,37,42)(H,38,44)/b16-15+/t22?,24?,26-,27-/m0/s1. The summed E-state index contributed by atoms with van der Waals surface area (Å²) in [5, 5.41) is 11.2. The number of primary amides is 1. The van der Waals surface area contributed by atoms with Crippen LogP contribution in [0.15, 0.2) is 59.2 Å². The Morgan fingerprint density at radius 3 is 2.27 bits per heavy atom. The summed E-state index contributed by atoms with van der Waals surface area (Å²) in [6.07, 6.45) is 7.34. The minimum absolute atomic E-state index is 0.0209. The third-order valence-corrected chi connectivity index (χ3v) is 8.28. The Morgan fingerprint density at radius 1 is 0.822 bits per heavy atom. The molecule has 12 heteroatoms. The number of nitrogens with one attached hydrogen (secondary N) is 4. The van der Waals surface area contributed by atoms with E-state index >= 15 is 0 Å². The predicted octanol–water partition coefficient (Wildman–Crippen LogP) is 1.16. The lowest BCUT2D eigenvalue weighted by atomic mass is 9.85. The molecule has 240 valence electrons. The van der Waals surface area contributed by atoms with Gasteiger partial charge in [-0.05, 0) is 68.2 Å². The SMILES string of the molecule is NC(=O)[C@@H]1CCCNC(=O)/C=C/C(=O)NC2CCC(CC2)C(=O)N[C@@H](Cc2ccco2)C(=O)CCc2ccccc2CC(=O)N1. The Kier molecular flexibility index (Phi) is 12.1. The Bertz CT molecular complexity index is 1400. The largest absolute Gasteiger partial charge is 0.469 e. The summed E-state index contributed by atoms with van der Waals surface area (Å²) >= 11 is 0. The zero-order chi connectivity index (χ0) is 32.2. The van der Waals surface area contributed by atoms with E-state index < -0.39 is 35.7 Å². The van der Waals surface area contributed by atoms with Crippen LogP contribution in [0, 0.1) is 5.92 Å². The first-order valence-electron chi connectivity index (χ1n) is 15.4. The maximum atomic E-state index is 13.5. The van der Waals surface area contributed by atoms with Crippen molar-refractivity contribution in [3.63, 3.8) is 0 Å². The molecule has 1 aliphatic carbocycles. The molecule has 5 amide bonds. The van der Waals surface area contributed by atoms with Crippen LogP contribution in [-0.2, 0) is 48.0 Å². The minimum atomic E-state index is -0.930. The summed E-state index contributed by atoms with van der Waals surface area (Å²) in [4.78, 5) is 76.3. The fourth-order valence-corrected chi connectivity index (χ4v) is 5.75. The van der Waals surface area contributed by atoms with Crippen molar-refractivity contribution in [1.29, 1.82) is 0 Å². The predicted molar refractivity (Wildman–Crippen MR) is 164 cm³/mol. The van der Waals surface area contributed by atoms with E-state index in [0.717, 1.165) is 17.7 Å². The first kappa shape index (κ1) is 33.2. The van der Waals surface area contributed by atoms with Gasteiger partial charge in [-0.15, -0.1) is 0 Å². The van der Waals surface area contributed by atoms with Crippen molar-refractivity contribution in [2.75, 3.05) is 6.54 Å². The molecule has 6 N–H and O–H groups in total. The molecule has 0 saturated heterocycles. The highest BCUT2D eigenvalue weighted by atomic mass is 16.3. The third kappa shape index (κ3) is 10.4. The van der Waals surface area contributed by atoms with Gasteiger partial charge in [0.2, 0.25) is 29.5 Å². The average Bonchev–Trinajstić information content (AvgIpc) is 3.53. The van der Waals surface area contributed by atoms with Gasteiger partial charge in [-0.1, -0.05) is 24.3 Å². The lowest BCUT2D eigenvalue weighted by molar-refractivity contribution is -0.131. The summed E-state index contributed by atoms with van der Waals surface area (Å²) in [5.41, 5.74) is 7.04. The molecule has 45 heavy (non-hydrogen) atoms. The van der Waals surface area contributed by atoms with Gasteiger partial charge in [-0.2, -0.15) is 0 Å². The van der Waals surface area contributed by atoms with Gasteiger partial charge < -0.3 is 31.4 Å². The molecule has 5 rings (SSSR count). The smallest absolute Gasteiger partial charge is 0.244 e. The fourth-order valence-electron chi connectivity index (χ4n) is 5.75. The Labute approximate surface area is 261 Å². The van der Waals surface area contributed by atoms with Gasteiger partial charge in [0.05, 0.1) is 18.7 Å².